The highest BCUT2D eigenvalue weighted by Crippen LogP contribution is 2.29. The fraction of sp³-hybridized carbons (Fsp3) is 0.667. The molecule has 2 aliphatic heterocycles. The van der Waals surface area contributed by atoms with E-state index in [1.807, 2.05) is 12.1 Å². The first-order valence-electron chi connectivity index (χ1n) is 10.9. The molecule has 13 heteroatoms. The second-order valence-corrected chi connectivity index (χ2v) is 10.1. The molecule has 3 N–H and O–H groups in total. The number of carboxylic acid groups (broad SMARTS) is 1. The van der Waals surface area contributed by atoms with Crippen LogP contribution >= 0.6 is 0 Å². The molecule has 34 heavy (non-hydrogen) atoms. The molecule has 0 saturated carbocycles. The van der Waals surface area contributed by atoms with Gasteiger partial charge in [0.05, 0.1) is 4.90 Å². The number of carboxylic acids is 1. The molecule has 0 radical (unpaired) electrons. The number of anilines is 1. The number of aliphatic carboxylic acids is 1. The van der Waals surface area contributed by atoms with Crippen molar-refractivity contribution in [3.63, 3.8) is 0 Å². The van der Waals surface area contributed by atoms with Crippen molar-refractivity contribution in [2.45, 2.75) is 49.1 Å². The number of hydrogen-bond donors (Lipinski definition) is 2. The summed E-state index contributed by atoms with van der Waals surface area (Å²) in [7, 11) is -0.130. The van der Waals surface area contributed by atoms with Crippen molar-refractivity contribution in [1.82, 2.24) is 4.31 Å². The van der Waals surface area contributed by atoms with Gasteiger partial charge < -0.3 is 25.2 Å². The fourth-order valence-electron chi connectivity index (χ4n) is 4.02. The Balaban J connectivity index is 0.000000509. The summed E-state index contributed by atoms with van der Waals surface area (Å²) in [5, 5.41) is 7.12. The molecule has 2 heterocycles. The van der Waals surface area contributed by atoms with Crippen LogP contribution in [0.1, 0.15) is 25.7 Å². The quantitative estimate of drug-likeness (QED) is 0.558. The fourth-order valence-corrected chi connectivity index (χ4v) is 5.53. The summed E-state index contributed by atoms with van der Waals surface area (Å²) in [5.74, 6) is -2.40. The summed E-state index contributed by atoms with van der Waals surface area (Å²) >= 11 is 0. The third-order valence-corrected chi connectivity index (χ3v) is 7.85. The second-order valence-electron chi connectivity index (χ2n) is 8.21. The summed E-state index contributed by atoms with van der Waals surface area (Å²) in [5.41, 5.74) is 6.86. The molecule has 194 valence electrons. The summed E-state index contributed by atoms with van der Waals surface area (Å²) in [6.45, 7) is 2.70. The molecule has 2 fully saturated rings. The maximum Gasteiger partial charge on any atom is 0.490 e. The predicted octanol–water partition coefficient (Wildman–Crippen LogP) is 2.27. The number of hydrogen-bond acceptors (Lipinski definition) is 7. The minimum atomic E-state index is -5.08. The zero-order valence-corrected chi connectivity index (χ0v) is 20.0. The van der Waals surface area contributed by atoms with Crippen LogP contribution < -0.4 is 10.6 Å². The predicted molar refractivity (Wildman–Crippen MR) is 119 cm³/mol. The molecule has 2 aliphatic rings. The van der Waals surface area contributed by atoms with Crippen LogP contribution in [0, 0.1) is 5.92 Å². The van der Waals surface area contributed by atoms with Crippen LogP contribution in [0.4, 0.5) is 18.9 Å². The molecule has 0 aromatic heterocycles. The molecule has 0 spiro atoms. The SMILES string of the molecule is COC(OC)C1CCN(c2cccc(S(=O)(=O)N3CCC(N)CC3)c2)CC1.O=C(O)C(F)(F)F. The van der Waals surface area contributed by atoms with Crippen molar-refractivity contribution >= 4 is 21.7 Å². The van der Waals surface area contributed by atoms with E-state index in [0.29, 0.717) is 36.7 Å². The van der Waals surface area contributed by atoms with Gasteiger partial charge in [0.15, 0.2) is 6.29 Å². The minimum Gasteiger partial charge on any atom is -0.475 e. The Morgan fingerprint density at radius 3 is 2.09 bits per heavy atom. The topological polar surface area (TPSA) is 122 Å². The van der Waals surface area contributed by atoms with Crippen LogP contribution in [0.25, 0.3) is 0 Å². The highest BCUT2D eigenvalue weighted by molar-refractivity contribution is 7.89. The number of nitrogens with zero attached hydrogens (tertiary/aromatic N) is 2. The van der Waals surface area contributed by atoms with Gasteiger partial charge in [-0.25, -0.2) is 13.2 Å². The Hall–Kier alpha value is -1.93. The molecule has 1 aromatic rings. The van der Waals surface area contributed by atoms with Crippen LogP contribution in [0.15, 0.2) is 29.2 Å². The van der Waals surface area contributed by atoms with Crippen molar-refractivity contribution in [3.05, 3.63) is 24.3 Å². The van der Waals surface area contributed by atoms with Crippen molar-refractivity contribution in [2.75, 3.05) is 45.3 Å². The number of alkyl halides is 3. The van der Waals surface area contributed by atoms with E-state index >= 15 is 0 Å². The molecular formula is C21H32F3N3O6S. The lowest BCUT2D eigenvalue weighted by molar-refractivity contribution is -0.192. The summed E-state index contributed by atoms with van der Waals surface area (Å²) in [4.78, 5) is 11.5. The van der Waals surface area contributed by atoms with Gasteiger partial charge in [-0.2, -0.15) is 17.5 Å². The largest absolute Gasteiger partial charge is 0.490 e. The summed E-state index contributed by atoms with van der Waals surface area (Å²) < 4.78 is 70.0. The lowest BCUT2D eigenvalue weighted by Crippen LogP contribution is -2.42. The molecule has 1 aromatic carbocycles. The lowest BCUT2D eigenvalue weighted by atomic mass is 9.95. The standard InChI is InChI=1S/C19H31N3O4S.C2HF3O2/c1-25-19(26-2)15-6-10-21(11-7-15)17-4-3-5-18(14-17)27(23,24)22-12-8-16(20)9-13-22;3-2(4,5)1(6)7/h3-5,14-16,19H,6-13,20H2,1-2H3;(H,6,7). The van der Waals surface area contributed by atoms with Gasteiger partial charge in [0.1, 0.15) is 0 Å². The van der Waals surface area contributed by atoms with Crippen molar-refractivity contribution in [2.24, 2.45) is 11.7 Å². The maximum atomic E-state index is 13.0. The van der Waals surface area contributed by atoms with Crippen molar-refractivity contribution in [1.29, 1.82) is 0 Å². The molecule has 2 saturated heterocycles. The van der Waals surface area contributed by atoms with E-state index in [-0.39, 0.29) is 12.3 Å². The van der Waals surface area contributed by atoms with E-state index in [4.69, 9.17) is 25.1 Å². The Morgan fingerprint density at radius 1 is 1.09 bits per heavy atom. The van der Waals surface area contributed by atoms with Crippen molar-refractivity contribution in [3.8, 4) is 0 Å². The average Bonchev–Trinajstić information content (AvgIpc) is 2.80. The number of carbonyl (C=O) groups is 1. The molecule has 9 nitrogen and oxygen atoms in total. The molecule has 0 amide bonds. The number of halogens is 3. The third-order valence-electron chi connectivity index (χ3n) is 5.95. The van der Waals surface area contributed by atoms with Gasteiger partial charge in [0, 0.05) is 58.0 Å². The van der Waals surface area contributed by atoms with Gasteiger partial charge in [0.2, 0.25) is 10.0 Å². The first-order chi connectivity index (χ1) is 15.9. The van der Waals surface area contributed by atoms with E-state index in [1.165, 1.54) is 0 Å². The Kier molecular flexibility index (Phi) is 10.1. The molecular weight excluding hydrogens is 479 g/mol. The van der Waals surface area contributed by atoms with Gasteiger partial charge in [-0.1, -0.05) is 6.07 Å². The minimum absolute atomic E-state index is 0.104. The number of benzene rings is 1. The smallest absolute Gasteiger partial charge is 0.475 e. The van der Waals surface area contributed by atoms with Crippen LogP contribution in [0.3, 0.4) is 0 Å². The highest BCUT2D eigenvalue weighted by Gasteiger charge is 2.38. The number of nitrogens with two attached hydrogens (primary N) is 1. The average molecular weight is 512 g/mol. The number of piperidine rings is 2. The highest BCUT2D eigenvalue weighted by atomic mass is 32.2. The van der Waals surface area contributed by atoms with E-state index in [2.05, 4.69) is 4.90 Å². The van der Waals surface area contributed by atoms with Gasteiger partial charge in [-0.05, 0) is 43.9 Å². The Labute approximate surface area is 197 Å². The molecule has 0 atom stereocenters. The third kappa shape index (κ3) is 7.54. The van der Waals surface area contributed by atoms with E-state index in [9.17, 15) is 21.6 Å². The normalized spacial score (nSPS) is 19.1. The first kappa shape index (κ1) is 28.3. The van der Waals surface area contributed by atoms with Gasteiger partial charge >= 0.3 is 12.1 Å². The van der Waals surface area contributed by atoms with Gasteiger partial charge in [-0.3, -0.25) is 0 Å². The van der Waals surface area contributed by atoms with Crippen LogP contribution in [0.5, 0.6) is 0 Å². The zero-order valence-electron chi connectivity index (χ0n) is 19.2. The summed E-state index contributed by atoms with van der Waals surface area (Å²) in [6.07, 6.45) is -1.93. The number of methoxy groups -OCH3 is 2. The van der Waals surface area contributed by atoms with E-state index in [0.717, 1.165) is 31.6 Å². The number of rotatable bonds is 6. The van der Waals surface area contributed by atoms with Gasteiger partial charge in [-0.15, -0.1) is 0 Å². The van der Waals surface area contributed by atoms with E-state index < -0.39 is 22.2 Å². The molecule has 0 unspecified atom stereocenters. The first-order valence-corrected chi connectivity index (χ1v) is 12.3. The Morgan fingerprint density at radius 2 is 1.62 bits per heavy atom. The number of ether oxygens (including phenoxy) is 2. The summed E-state index contributed by atoms with van der Waals surface area (Å²) in [6, 6.07) is 7.40. The van der Waals surface area contributed by atoms with Crippen LogP contribution in [-0.2, 0) is 24.3 Å². The maximum absolute atomic E-state index is 13.0. The van der Waals surface area contributed by atoms with E-state index in [1.54, 1.807) is 30.7 Å². The van der Waals surface area contributed by atoms with Crippen LogP contribution in [-0.4, -0.2) is 82.7 Å². The number of sulfonamides is 1. The van der Waals surface area contributed by atoms with Gasteiger partial charge in [0.25, 0.3) is 0 Å². The second kappa shape index (κ2) is 12.2. The lowest BCUT2D eigenvalue weighted by Gasteiger charge is -2.36. The molecule has 0 aliphatic carbocycles. The van der Waals surface area contributed by atoms with Crippen LogP contribution in [0.2, 0.25) is 0 Å². The zero-order chi connectivity index (χ0) is 25.5. The Bertz CT molecular complexity index is 895. The molecule has 0 bridgehead atoms. The monoisotopic (exact) mass is 511 g/mol. The van der Waals surface area contributed by atoms with Crippen molar-refractivity contribution < 1.29 is 41.0 Å². The molecule has 3 rings (SSSR count).